The third kappa shape index (κ3) is 4.42. The molecule has 1 heterocycles. The van der Waals surface area contributed by atoms with Gasteiger partial charge in [-0.05, 0) is 56.7 Å². The van der Waals surface area contributed by atoms with Gasteiger partial charge in [-0.25, -0.2) is 4.39 Å². The molecule has 0 saturated carbocycles. The Bertz CT molecular complexity index is 902. The molecule has 0 spiro atoms. The first-order valence-electron chi connectivity index (χ1n) is 8.06. The predicted octanol–water partition coefficient (Wildman–Crippen LogP) is 5.86. The Kier molecular flexibility index (Phi) is 5.43. The van der Waals surface area contributed by atoms with Gasteiger partial charge in [0.05, 0.1) is 10.9 Å². The molecule has 0 saturated heterocycles. The number of rotatable bonds is 5. The SMILES string of the molecule is CC(C)c1ccccc1C=Cc1nnc(Cc2ccc(Br)c(F)c2)o1. The Morgan fingerprint density at radius 2 is 1.92 bits per heavy atom. The van der Waals surface area contributed by atoms with Crippen molar-refractivity contribution in [1.82, 2.24) is 10.2 Å². The molecule has 0 amide bonds. The van der Waals surface area contributed by atoms with E-state index in [0.717, 1.165) is 11.1 Å². The van der Waals surface area contributed by atoms with E-state index in [1.807, 2.05) is 24.3 Å². The lowest BCUT2D eigenvalue weighted by Crippen LogP contribution is -1.90. The summed E-state index contributed by atoms with van der Waals surface area (Å²) >= 11 is 3.14. The molecule has 0 N–H and O–H groups in total. The maximum Gasteiger partial charge on any atom is 0.240 e. The van der Waals surface area contributed by atoms with E-state index in [9.17, 15) is 4.39 Å². The van der Waals surface area contributed by atoms with E-state index in [2.05, 4.69) is 52.1 Å². The highest BCUT2D eigenvalue weighted by atomic mass is 79.9. The average Bonchev–Trinajstić information content (AvgIpc) is 3.04. The van der Waals surface area contributed by atoms with Crippen LogP contribution in [0.25, 0.3) is 12.2 Å². The van der Waals surface area contributed by atoms with Gasteiger partial charge in [-0.15, -0.1) is 10.2 Å². The molecule has 3 aromatic rings. The minimum atomic E-state index is -0.303. The minimum absolute atomic E-state index is 0.303. The first-order valence-corrected chi connectivity index (χ1v) is 8.85. The molecule has 0 radical (unpaired) electrons. The second kappa shape index (κ2) is 7.74. The quantitative estimate of drug-likeness (QED) is 0.538. The summed E-state index contributed by atoms with van der Waals surface area (Å²) in [4.78, 5) is 0. The fraction of sp³-hybridized carbons (Fsp3) is 0.200. The number of nitrogens with zero attached hydrogens (tertiary/aromatic N) is 2. The Hall–Kier alpha value is -2.27. The lowest BCUT2D eigenvalue weighted by Gasteiger charge is -2.08. The molecule has 0 aliphatic carbocycles. The number of halogens is 2. The highest BCUT2D eigenvalue weighted by Gasteiger charge is 2.08. The van der Waals surface area contributed by atoms with Crippen molar-refractivity contribution in [2.24, 2.45) is 0 Å². The van der Waals surface area contributed by atoms with Crippen molar-refractivity contribution < 1.29 is 8.81 Å². The monoisotopic (exact) mass is 400 g/mol. The van der Waals surface area contributed by atoms with Gasteiger partial charge in [0, 0.05) is 6.08 Å². The van der Waals surface area contributed by atoms with Crippen LogP contribution in [0.3, 0.4) is 0 Å². The zero-order chi connectivity index (χ0) is 17.8. The van der Waals surface area contributed by atoms with Crippen LogP contribution in [0.2, 0.25) is 0 Å². The highest BCUT2D eigenvalue weighted by Crippen LogP contribution is 2.22. The summed E-state index contributed by atoms with van der Waals surface area (Å²) in [5.74, 6) is 1.03. The fourth-order valence-corrected chi connectivity index (χ4v) is 2.83. The summed E-state index contributed by atoms with van der Waals surface area (Å²) in [6.07, 6.45) is 4.18. The third-order valence-electron chi connectivity index (χ3n) is 3.85. The molecule has 0 bridgehead atoms. The second-order valence-electron chi connectivity index (χ2n) is 6.08. The molecule has 25 heavy (non-hydrogen) atoms. The lowest BCUT2D eigenvalue weighted by molar-refractivity contribution is 0.496. The van der Waals surface area contributed by atoms with Crippen LogP contribution in [-0.2, 0) is 6.42 Å². The van der Waals surface area contributed by atoms with E-state index in [4.69, 9.17) is 4.42 Å². The van der Waals surface area contributed by atoms with Crippen molar-refractivity contribution in [3.8, 4) is 0 Å². The second-order valence-corrected chi connectivity index (χ2v) is 6.93. The summed E-state index contributed by atoms with van der Waals surface area (Å²) in [5.41, 5.74) is 3.18. The van der Waals surface area contributed by atoms with Gasteiger partial charge >= 0.3 is 0 Å². The minimum Gasteiger partial charge on any atom is -0.421 e. The Labute approximate surface area is 154 Å². The van der Waals surface area contributed by atoms with Gasteiger partial charge in [0.15, 0.2) is 0 Å². The van der Waals surface area contributed by atoms with Gasteiger partial charge in [-0.2, -0.15) is 0 Å². The Morgan fingerprint density at radius 3 is 2.68 bits per heavy atom. The molecule has 3 nitrogen and oxygen atoms in total. The third-order valence-corrected chi connectivity index (χ3v) is 4.49. The number of hydrogen-bond acceptors (Lipinski definition) is 3. The zero-order valence-corrected chi connectivity index (χ0v) is 15.6. The smallest absolute Gasteiger partial charge is 0.240 e. The van der Waals surface area contributed by atoms with Crippen LogP contribution >= 0.6 is 15.9 Å². The van der Waals surface area contributed by atoms with E-state index >= 15 is 0 Å². The van der Waals surface area contributed by atoms with E-state index < -0.39 is 0 Å². The van der Waals surface area contributed by atoms with Crippen molar-refractivity contribution in [1.29, 1.82) is 0 Å². The maximum absolute atomic E-state index is 13.6. The number of benzene rings is 2. The number of aromatic nitrogens is 2. The molecule has 5 heteroatoms. The molecule has 1 aromatic heterocycles. The van der Waals surface area contributed by atoms with Crippen molar-refractivity contribution in [3.05, 3.63) is 81.2 Å². The van der Waals surface area contributed by atoms with Crippen LogP contribution in [0.5, 0.6) is 0 Å². The maximum atomic E-state index is 13.6. The van der Waals surface area contributed by atoms with Gasteiger partial charge in [0.2, 0.25) is 11.8 Å². The highest BCUT2D eigenvalue weighted by molar-refractivity contribution is 9.10. The van der Waals surface area contributed by atoms with Crippen molar-refractivity contribution in [2.45, 2.75) is 26.2 Å². The van der Waals surface area contributed by atoms with Crippen molar-refractivity contribution in [2.75, 3.05) is 0 Å². The molecule has 2 aromatic carbocycles. The van der Waals surface area contributed by atoms with Gasteiger partial charge in [-0.1, -0.05) is 44.2 Å². The first-order chi connectivity index (χ1) is 12.0. The van der Waals surface area contributed by atoms with Crippen molar-refractivity contribution >= 4 is 28.1 Å². The molecule has 3 rings (SSSR count). The molecule has 0 atom stereocenters. The van der Waals surface area contributed by atoms with Gasteiger partial charge in [0.1, 0.15) is 5.82 Å². The predicted molar refractivity (Wildman–Crippen MR) is 101 cm³/mol. The van der Waals surface area contributed by atoms with Crippen LogP contribution in [0, 0.1) is 5.82 Å². The molecule has 0 fully saturated rings. The number of hydrogen-bond donors (Lipinski definition) is 0. The molecule has 0 aliphatic heterocycles. The van der Waals surface area contributed by atoms with Gasteiger partial charge < -0.3 is 4.42 Å². The van der Waals surface area contributed by atoms with Gasteiger partial charge in [0.25, 0.3) is 0 Å². The summed E-state index contributed by atoms with van der Waals surface area (Å²) in [6, 6.07) is 13.2. The lowest BCUT2D eigenvalue weighted by atomic mass is 9.97. The topological polar surface area (TPSA) is 38.9 Å². The Morgan fingerprint density at radius 1 is 1.12 bits per heavy atom. The molecule has 0 aliphatic rings. The van der Waals surface area contributed by atoms with Gasteiger partial charge in [-0.3, -0.25) is 0 Å². The Balaban J connectivity index is 1.74. The zero-order valence-electron chi connectivity index (χ0n) is 14.0. The fourth-order valence-electron chi connectivity index (χ4n) is 2.58. The summed E-state index contributed by atoms with van der Waals surface area (Å²) < 4.78 is 19.6. The normalized spacial score (nSPS) is 11.6. The van der Waals surface area contributed by atoms with E-state index in [0.29, 0.717) is 28.6 Å². The van der Waals surface area contributed by atoms with Crippen LogP contribution in [0.15, 0.2) is 51.4 Å². The molecular weight excluding hydrogens is 383 g/mol. The molecular formula is C20H18BrFN2O. The van der Waals surface area contributed by atoms with Crippen LogP contribution < -0.4 is 0 Å². The largest absolute Gasteiger partial charge is 0.421 e. The van der Waals surface area contributed by atoms with Crippen LogP contribution in [-0.4, -0.2) is 10.2 Å². The summed E-state index contributed by atoms with van der Waals surface area (Å²) in [5, 5.41) is 8.07. The van der Waals surface area contributed by atoms with E-state index in [1.165, 1.54) is 11.6 Å². The van der Waals surface area contributed by atoms with E-state index in [1.54, 1.807) is 12.1 Å². The standard InChI is InChI=1S/C20H18BrFN2O/c1-13(2)16-6-4-3-5-15(16)8-10-19-23-24-20(25-19)12-14-7-9-17(21)18(22)11-14/h3-11,13H,12H2,1-2H3. The van der Waals surface area contributed by atoms with Crippen LogP contribution in [0.1, 0.15) is 48.2 Å². The summed E-state index contributed by atoms with van der Waals surface area (Å²) in [7, 11) is 0. The summed E-state index contributed by atoms with van der Waals surface area (Å²) in [6.45, 7) is 4.32. The van der Waals surface area contributed by atoms with Crippen LogP contribution in [0.4, 0.5) is 4.39 Å². The molecule has 128 valence electrons. The average molecular weight is 401 g/mol. The first kappa shape index (κ1) is 17.5. The van der Waals surface area contributed by atoms with Crippen molar-refractivity contribution in [3.63, 3.8) is 0 Å². The molecule has 0 unspecified atom stereocenters. The van der Waals surface area contributed by atoms with E-state index in [-0.39, 0.29) is 5.82 Å².